The third kappa shape index (κ3) is 1.90. The lowest BCUT2D eigenvalue weighted by molar-refractivity contribution is 0.100. The molecule has 3 nitrogen and oxygen atoms in total. The summed E-state index contributed by atoms with van der Waals surface area (Å²) < 4.78 is 0. The monoisotopic (exact) mass is 296 g/mol. The van der Waals surface area contributed by atoms with Crippen molar-refractivity contribution in [3.05, 3.63) is 58.0 Å². The highest BCUT2D eigenvalue weighted by atomic mass is 32.1. The van der Waals surface area contributed by atoms with E-state index in [0.29, 0.717) is 18.0 Å². The van der Waals surface area contributed by atoms with Crippen molar-refractivity contribution in [2.24, 2.45) is 5.73 Å². The Labute approximate surface area is 127 Å². The van der Waals surface area contributed by atoms with E-state index in [-0.39, 0.29) is 5.91 Å². The van der Waals surface area contributed by atoms with Gasteiger partial charge in [-0.2, -0.15) is 0 Å². The number of hydrogen-bond acceptors (Lipinski definition) is 3. The van der Waals surface area contributed by atoms with E-state index in [1.54, 1.807) is 11.3 Å². The molecule has 0 saturated carbocycles. The van der Waals surface area contributed by atoms with Gasteiger partial charge < -0.3 is 11.1 Å². The fourth-order valence-corrected chi connectivity index (χ4v) is 4.67. The highest BCUT2D eigenvalue weighted by Crippen LogP contribution is 2.59. The number of benzene rings is 1. The van der Waals surface area contributed by atoms with Crippen molar-refractivity contribution in [3.8, 4) is 0 Å². The van der Waals surface area contributed by atoms with Gasteiger partial charge in [-0.3, -0.25) is 4.79 Å². The van der Waals surface area contributed by atoms with Crippen molar-refractivity contribution in [1.82, 2.24) is 0 Å². The molecule has 21 heavy (non-hydrogen) atoms. The van der Waals surface area contributed by atoms with Crippen LogP contribution in [-0.2, 0) is 6.54 Å². The maximum atomic E-state index is 11.9. The number of nitrogens with one attached hydrogen (secondary N) is 1. The first kappa shape index (κ1) is 12.7. The molecule has 2 aliphatic carbocycles. The predicted octanol–water partition coefficient (Wildman–Crippen LogP) is 3.73. The van der Waals surface area contributed by atoms with Gasteiger partial charge in [0.05, 0.1) is 5.56 Å². The maximum absolute atomic E-state index is 11.9. The maximum Gasteiger partial charge on any atom is 0.252 e. The van der Waals surface area contributed by atoms with Crippen LogP contribution in [0.1, 0.15) is 45.1 Å². The highest BCUT2D eigenvalue weighted by Gasteiger charge is 2.41. The van der Waals surface area contributed by atoms with Crippen molar-refractivity contribution < 1.29 is 4.79 Å². The zero-order valence-electron chi connectivity index (χ0n) is 11.6. The molecule has 106 valence electrons. The number of fused-ring (bicyclic) bond motifs is 4. The molecule has 1 atom stereocenters. The number of anilines is 1. The average molecular weight is 296 g/mol. The molecule has 0 spiro atoms. The first-order valence-corrected chi connectivity index (χ1v) is 8.02. The molecule has 1 aromatic heterocycles. The third-order valence-electron chi connectivity index (χ3n) is 4.28. The van der Waals surface area contributed by atoms with Gasteiger partial charge in [-0.1, -0.05) is 36.4 Å². The number of rotatable bonds is 4. The number of thiophene rings is 1. The number of primary amides is 1. The first-order chi connectivity index (χ1) is 10.3. The topological polar surface area (TPSA) is 55.1 Å². The lowest BCUT2D eigenvalue weighted by atomic mass is 9.79. The van der Waals surface area contributed by atoms with Crippen LogP contribution in [0.3, 0.4) is 0 Å². The number of carbonyl (C=O) groups excluding carboxylic acids is 1. The standard InChI is InChI=1S/C17H16N2OS/c18-16(20)14-13-11-7-4-8-12(11)15(13)21-17(14)19-9-10-5-2-1-3-6-10/h1-3,5-7,12,19H,4,8-9H2,(H2,18,20). The summed E-state index contributed by atoms with van der Waals surface area (Å²) in [5.41, 5.74) is 9.95. The van der Waals surface area contributed by atoms with Crippen molar-refractivity contribution in [2.75, 3.05) is 5.32 Å². The largest absolute Gasteiger partial charge is 0.372 e. The molecule has 1 aromatic carbocycles. The Kier molecular flexibility index (Phi) is 2.86. The van der Waals surface area contributed by atoms with Crippen LogP contribution in [0.4, 0.5) is 5.00 Å². The van der Waals surface area contributed by atoms with Crippen LogP contribution in [0.15, 0.2) is 36.4 Å². The van der Waals surface area contributed by atoms with E-state index in [0.717, 1.165) is 17.0 Å². The van der Waals surface area contributed by atoms with Crippen molar-refractivity contribution in [3.63, 3.8) is 0 Å². The molecule has 0 aliphatic heterocycles. The summed E-state index contributed by atoms with van der Waals surface area (Å²) in [5.74, 6) is 0.227. The van der Waals surface area contributed by atoms with Gasteiger partial charge in [0.15, 0.2) is 0 Å². The minimum atomic E-state index is -0.325. The second-order valence-electron chi connectivity index (χ2n) is 5.54. The summed E-state index contributed by atoms with van der Waals surface area (Å²) in [5, 5.41) is 4.32. The average Bonchev–Trinajstić information content (AvgIpc) is 3.03. The van der Waals surface area contributed by atoms with Gasteiger partial charge in [0, 0.05) is 22.9 Å². The Bertz CT molecular complexity index is 746. The molecular weight excluding hydrogens is 280 g/mol. The number of nitrogens with two attached hydrogens (primary N) is 1. The Balaban J connectivity index is 1.66. The van der Waals surface area contributed by atoms with E-state index in [2.05, 4.69) is 23.5 Å². The normalized spacial score (nSPS) is 18.5. The van der Waals surface area contributed by atoms with E-state index in [9.17, 15) is 4.79 Å². The van der Waals surface area contributed by atoms with E-state index < -0.39 is 0 Å². The molecule has 1 heterocycles. The second kappa shape index (κ2) is 4.74. The lowest BCUT2D eigenvalue weighted by Gasteiger charge is -2.26. The number of carbonyl (C=O) groups is 1. The SMILES string of the molecule is NC(=O)c1c(NCc2ccccc2)sc2c1C1=CCCC12. The van der Waals surface area contributed by atoms with Gasteiger partial charge in [-0.05, 0) is 24.0 Å². The fraction of sp³-hybridized carbons (Fsp3) is 0.235. The van der Waals surface area contributed by atoms with E-state index in [1.807, 2.05) is 18.2 Å². The number of hydrogen-bond donors (Lipinski definition) is 2. The third-order valence-corrected chi connectivity index (χ3v) is 5.54. The quantitative estimate of drug-likeness (QED) is 0.903. The minimum Gasteiger partial charge on any atom is -0.372 e. The molecule has 4 rings (SSSR count). The highest BCUT2D eigenvalue weighted by molar-refractivity contribution is 7.17. The molecule has 1 amide bonds. The van der Waals surface area contributed by atoms with Crippen molar-refractivity contribution >= 4 is 27.8 Å². The molecule has 4 heteroatoms. The molecule has 0 saturated heterocycles. The van der Waals surface area contributed by atoms with Crippen LogP contribution in [0.5, 0.6) is 0 Å². The summed E-state index contributed by atoms with van der Waals surface area (Å²) in [6, 6.07) is 10.2. The Hall–Kier alpha value is -2.07. The Morgan fingerprint density at radius 2 is 2.14 bits per heavy atom. The van der Waals surface area contributed by atoms with E-state index in [1.165, 1.54) is 22.4 Å². The zero-order valence-corrected chi connectivity index (χ0v) is 12.4. The molecule has 3 N–H and O–H groups in total. The molecule has 1 unspecified atom stereocenters. The first-order valence-electron chi connectivity index (χ1n) is 7.20. The zero-order chi connectivity index (χ0) is 14.4. The van der Waals surface area contributed by atoms with E-state index in [4.69, 9.17) is 5.73 Å². The van der Waals surface area contributed by atoms with Gasteiger partial charge in [-0.25, -0.2) is 0 Å². The minimum absolute atomic E-state index is 0.325. The van der Waals surface area contributed by atoms with Gasteiger partial charge in [0.1, 0.15) is 5.00 Å². The van der Waals surface area contributed by atoms with Gasteiger partial charge in [0.2, 0.25) is 0 Å². The van der Waals surface area contributed by atoms with Crippen LogP contribution in [-0.4, -0.2) is 5.91 Å². The molecule has 0 bridgehead atoms. The second-order valence-corrected chi connectivity index (χ2v) is 6.59. The van der Waals surface area contributed by atoms with Gasteiger partial charge in [-0.15, -0.1) is 11.3 Å². The Morgan fingerprint density at radius 1 is 1.33 bits per heavy atom. The van der Waals surface area contributed by atoms with Crippen LogP contribution in [0.2, 0.25) is 0 Å². The predicted molar refractivity (Wildman–Crippen MR) is 86.6 cm³/mol. The van der Waals surface area contributed by atoms with Crippen LogP contribution in [0.25, 0.3) is 5.57 Å². The molecular formula is C17H16N2OS. The summed E-state index contributed by atoms with van der Waals surface area (Å²) in [6.45, 7) is 0.713. The molecule has 2 aliphatic rings. The summed E-state index contributed by atoms with van der Waals surface area (Å²) in [6.07, 6.45) is 4.55. The molecule has 0 radical (unpaired) electrons. The van der Waals surface area contributed by atoms with Crippen LogP contribution in [0, 0.1) is 0 Å². The summed E-state index contributed by atoms with van der Waals surface area (Å²) >= 11 is 1.70. The smallest absolute Gasteiger partial charge is 0.252 e. The number of allylic oxidation sites excluding steroid dienone is 2. The lowest BCUT2D eigenvalue weighted by Crippen LogP contribution is -2.18. The summed E-state index contributed by atoms with van der Waals surface area (Å²) in [7, 11) is 0. The van der Waals surface area contributed by atoms with Crippen LogP contribution < -0.4 is 11.1 Å². The molecule has 2 aromatic rings. The van der Waals surface area contributed by atoms with E-state index >= 15 is 0 Å². The van der Waals surface area contributed by atoms with Gasteiger partial charge >= 0.3 is 0 Å². The Morgan fingerprint density at radius 3 is 2.90 bits per heavy atom. The molecule has 0 fully saturated rings. The van der Waals surface area contributed by atoms with Crippen molar-refractivity contribution in [1.29, 1.82) is 0 Å². The van der Waals surface area contributed by atoms with Crippen molar-refractivity contribution in [2.45, 2.75) is 25.3 Å². The number of amides is 1. The fourth-order valence-electron chi connectivity index (χ4n) is 3.29. The van der Waals surface area contributed by atoms with Crippen LogP contribution >= 0.6 is 11.3 Å². The summed E-state index contributed by atoms with van der Waals surface area (Å²) in [4.78, 5) is 13.2. The van der Waals surface area contributed by atoms with Gasteiger partial charge in [0.25, 0.3) is 5.91 Å².